The molecular weight excluding hydrogens is 162 g/mol. The molecule has 0 aromatic carbocycles. The highest BCUT2D eigenvalue weighted by atomic mass is 19.1. The average Bonchev–Trinajstić information content (AvgIpc) is 1.91. The third kappa shape index (κ3) is 1.18. The molecule has 0 amide bonds. The third-order valence-corrected chi connectivity index (χ3v) is 2.04. The van der Waals surface area contributed by atoms with Crippen molar-refractivity contribution in [1.29, 1.82) is 0 Å². The van der Waals surface area contributed by atoms with E-state index in [4.69, 9.17) is 0 Å². The van der Waals surface area contributed by atoms with Gasteiger partial charge >= 0.3 is 0 Å². The molecule has 0 radical (unpaired) electrons. The van der Waals surface area contributed by atoms with Crippen LogP contribution in [0.4, 0.5) is 8.78 Å². The second kappa shape index (κ2) is 2.79. The summed E-state index contributed by atoms with van der Waals surface area (Å²) in [4.78, 5) is 3.10. The zero-order chi connectivity index (χ0) is 8.55. The maximum Gasteiger partial charge on any atom is 0.220 e. The molecule has 1 atom stereocenters. The van der Waals surface area contributed by atoms with Crippen molar-refractivity contribution in [3.05, 3.63) is 29.6 Å². The summed E-state index contributed by atoms with van der Waals surface area (Å²) in [7, 11) is 0. The van der Waals surface area contributed by atoms with Gasteiger partial charge in [-0.2, -0.15) is 13.8 Å². The maximum absolute atomic E-state index is 12.9. The fourth-order valence-corrected chi connectivity index (χ4v) is 1.24. The predicted octanol–water partition coefficient (Wildman–Crippen LogP) is 1.39. The van der Waals surface area contributed by atoms with Gasteiger partial charge in [0, 0.05) is 11.6 Å². The average molecular weight is 170 g/mol. The highest BCUT2D eigenvalue weighted by Gasteiger charge is 2.22. The number of pyridine rings is 1. The van der Waals surface area contributed by atoms with Crippen LogP contribution in [0.15, 0.2) is 12.1 Å². The van der Waals surface area contributed by atoms with Gasteiger partial charge in [-0.15, -0.1) is 0 Å². The molecule has 1 aromatic rings. The van der Waals surface area contributed by atoms with Crippen molar-refractivity contribution in [3.63, 3.8) is 0 Å². The van der Waals surface area contributed by atoms with E-state index in [1.807, 2.05) is 0 Å². The lowest BCUT2D eigenvalue weighted by Crippen LogP contribution is -2.35. The number of hydrogen-bond acceptors (Lipinski definition) is 2. The second-order valence-electron chi connectivity index (χ2n) is 2.81. The number of nitrogens with one attached hydrogen (secondary N) is 1. The molecule has 1 unspecified atom stereocenters. The molecule has 2 rings (SSSR count). The highest BCUT2D eigenvalue weighted by Crippen LogP contribution is 2.23. The van der Waals surface area contributed by atoms with E-state index in [2.05, 4.69) is 10.3 Å². The molecule has 0 aliphatic carbocycles. The molecular formula is C8H8F2N2. The zero-order valence-corrected chi connectivity index (χ0v) is 6.35. The van der Waals surface area contributed by atoms with Gasteiger partial charge in [0.1, 0.15) is 0 Å². The Morgan fingerprint density at radius 3 is 2.67 bits per heavy atom. The van der Waals surface area contributed by atoms with Gasteiger partial charge in [0.15, 0.2) is 0 Å². The summed E-state index contributed by atoms with van der Waals surface area (Å²) in [5, 5.41) is 3.02. The van der Waals surface area contributed by atoms with Crippen molar-refractivity contribution < 1.29 is 8.78 Å². The van der Waals surface area contributed by atoms with E-state index in [0.717, 1.165) is 13.0 Å². The minimum atomic E-state index is -0.768. The summed E-state index contributed by atoms with van der Waals surface area (Å²) in [5.41, 5.74) is 0.461. The van der Waals surface area contributed by atoms with Crippen LogP contribution in [0.3, 0.4) is 0 Å². The Labute approximate surface area is 68.6 Å². The molecule has 2 heterocycles. The van der Waals surface area contributed by atoms with Crippen LogP contribution >= 0.6 is 0 Å². The van der Waals surface area contributed by atoms with E-state index in [9.17, 15) is 8.78 Å². The molecule has 2 nitrogen and oxygen atoms in total. The largest absolute Gasteiger partial charge is 0.310 e. The van der Waals surface area contributed by atoms with Crippen LogP contribution in [0.5, 0.6) is 0 Å². The molecule has 4 heteroatoms. The molecule has 0 saturated carbocycles. The van der Waals surface area contributed by atoms with Crippen molar-refractivity contribution >= 4 is 0 Å². The third-order valence-electron chi connectivity index (χ3n) is 2.04. The molecule has 1 aromatic heterocycles. The highest BCUT2D eigenvalue weighted by molar-refractivity contribution is 5.18. The van der Waals surface area contributed by atoms with Gasteiger partial charge in [0.2, 0.25) is 11.9 Å². The topological polar surface area (TPSA) is 24.9 Å². The van der Waals surface area contributed by atoms with Crippen LogP contribution in [0, 0.1) is 11.9 Å². The van der Waals surface area contributed by atoms with Crippen LogP contribution in [0.1, 0.15) is 18.0 Å². The van der Waals surface area contributed by atoms with Crippen molar-refractivity contribution in [3.8, 4) is 0 Å². The molecule has 1 saturated heterocycles. The summed E-state index contributed by atoms with van der Waals surface area (Å²) in [6, 6.07) is 2.64. The molecule has 0 bridgehead atoms. The monoisotopic (exact) mass is 170 g/mol. The first kappa shape index (κ1) is 7.61. The van der Waals surface area contributed by atoms with Crippen LogP contribution < -0.4 is 5.32 Å². The molecule has 12 heavy (non-hydrogen) atoms. The van der Waals surface area contributed by atoms with Gasteiger partial charge in [-0.3, -0.25) is 0 Å². The molecule has 0 spiro atoms. The molecule has 64 valence electrons. The second-order valence-corrected chi connectivity index (χ2v) is 2.81. The van der Waals surface area contributed by atoms with Crippen LogP contribution in [-0.4, -0.2) is 11.5 Å². The Bertz CT molecular complexity index is 297. The van der Waals surface area contributed by atoms with Gasteiger partial charge in [-0.1, -0.05) is 0 Å². The lowest BCUT2D eigenvalue weighted by molar-refractivity contribution is 0.362. The first-order chi connectivity index (χ1) is 5.77. The van der Waals surface area contributed by atoms with Gasteiger partial charge in [0.25, 0.3) is 0 Å². The summed E-state index contributed by atoms with van der Waals surface area (Å²) < 4.78 is 25.3. The Balaban J connectivity index is 2.31. The van der Waals surface area contributed by atoms with Crippen LogP contribution in [0.2, 0.25) is 0 Å². The Morgan fingerprint density at radius 1 is 1.42 bits per heavy atom. The van der Waals surface area contributed by atoms with Crippen molar-refractivity contribution in [2.24, 2.45) is 0 Å². The SMILES string of the molecule is Fc1ccc(C2CCN2)c(F)n1. The summed E-state index contributed by atoms with van der Waals surface area (Å²) in [5.74, 6) is -1.47. The van der Waals surface area contributed by atoms with Crippen molar-refractivity contribution in [2.45, 2.75) is 12.5 Å². The Hall–Kier alpha value is -1.03. The number of halogens is 2. The summed E-state index contributed by atoms with van der Waals surface area (Å²) in [6.07, 6.45) is 0.893. The summed E-state index contributed by atoms with van der Waals surface area (Å²) >= 11 is 0. The molecule has 1 aliphatic heterocycles. The zero-order valence-electron chi connectivity index (χ0n) is 6.35. The number of hydrogen-bond donors (Lipinski definition) is 1. The van der Waals surface area contributed by atoms with E-state index >= 15 is 0 Å². The molecule has 1 N–H and O–H groups in total. The van der Waals surface area contributed by atoms with Gasteiger partial charge in [-0.05, 0) is 25.1 Å². The fourth-order valence-electron chi connectivity index (χ4n) is 1.24. The smallest absolute Gasteiger partial charge is 0.220 e. The van der Waals surface area contributed by atoms with E-state index in [-0.39, 0.29) is 6.04 Å². The van der Waals surface area contributed by atoms with E-state index < -0.39 is 11.9 Å². The lowest BCUT2D eigenvalue weighted by Gasteiger charge is -2.27. The molecule has 1 aliphatic rings. The van der Waals surface area contributed by atoms with Crippen LogP contribution in [-0.2, 0) is 0 Å². The normalized spacial score (nSPS) is 22.0. The van der Waals surface area contributed by atoms with E-state index in [1.165, 1.54) is 12.1 Å². The first-order valence-corrected chi connectivity index (χ1v) is 3.83. The summed E-state index contributed by atoms with van der Waals surface area (Å²) in [6.45, 7) is 0.890. The van der Waals surface area contributed by atoms with Crippen molar-refractivity contribution in [2.75, 3.05) is 6.54 Å². The number of nitrogens with zero attached hydrogens (tertiary/aromatic N) is 1. The lowest BCUT2D eigenvalue weighted by atomic mass is 10.00. The minimum Gasteiger partial charge on any atom is -0.310 e. The Kier molecular flexibility index (Phi) is 1.77. The Morgan fingerprint density at radius 2 is 2.17 bits per heavy atom. The van der Waals surface area contributed by atoms with Gasteiger partial charge in [0.05, 0.1) is 0 Å². The number of aromatic nitrogens is 1. The fraction of sp³-hybridized carbons (Fsp3) is 0.375. The quantitative estimate of drug-likeness (QED) is 0.644. The standard InChI is InChI=1S/C8H8F2N2/c9-7-2-1-5(8(10)12-7)6-3-4-11-6/h1-2,6,11H,3-4H2. The maximum atomic E-state index is 12.9. The molecule has 1 fully saturated rings. The van der Waals surface area contributed by atoms with Crippen molar-refractivity contribution in [1.82, 2.24) is 10.3 Å². The van der Waals surface area contributed by atoms with E-state index in [1.54, 1.807) is 0 Å². The van der Waals surface area contributed by atoms with Crippen LogP contribution in [0.25, 0.3) is 0 Å². The predicted molar refractivity (Wildman–Crippen MR) is 39.5 cm³/mol. The number of rotatable bonds is 1. The minimum absolute atomic E-state index is 0.0260. The van der Waals surface area contributed by atoms with Gasteiger partial charge < -0.3 is 5.32 Å². The van der Waals surface area contributed by atoms with E-state index in [0.29, 0.717) is 5.56 Å². The van der Waals surface area contributed by atoms with Gasteiger partial charge in [-0.25, -0.2) is 0 Å². The first-order valence-electron chi connectivity index (χ1n) is 3.83.